The number of amides is 1. The number of hydrogen-bond donors (Lipinski definition) is 1. The van der Waals surface area contributed by atoms with Crippen LogP contribution in [0, 0.1) is 6.92 Å². The van der Waals surface area contributed by atoms with E-state index < -0.39 is 0 Å². The summed E-state index contributed by atoms with van der Waals surface area (Å²) in [7, 11) is 0. The number of benzene rings is 1. The molecule has 2 heterocycles. The number of thiazole rings is 1. The third-order valence-electron chi connectivity index (χ3n) is 3.30. The van der Waals surface area contributed by atoms with Crippen molar-refractivity contribution in [2.45, 2.75) is 33.2 Å². The number of carbonyl (C=O) groups excluding carboxylic acids is 1. The summed E-state index contributed by atoms with van der Waals surface area (Å²) < 4.78 is 2.85. The Bertz CT molecular complexity index is 841. The number of carbonyl (C=O) groups is 1. The van der Waals surface area contributed by atoms with E-state index in [2.05, 4.69) is 21.5 Å². The van der Waals surface area contributed by atoms with E-state index in [0.717, 1.165) is 10.2 Å². The van der Waals surface area contributed by atoms with Gasteiger partial charge in [0.1, 0.15) is 0 Å². The molecule has 0 fully saturated rings. The number of nitrogens with zero attached hydrogens (tertiary/aromatic N) is 3. The van der Waals surface area contributed by atoms with Crippen LogP contribution in [0.25, 0.3) is 10.2 Å². The predicted octanol–water partition coefficient (Wildman–Crippen LogP) is 3.81. The Labute approximate surface area is 133 Å². The van der Waals surface area contributed by atoms with E-state index in [0.29, 0.717) is 10.7 Å². The standard InChI is InChI=1S/C16H18N4OS/c1-10-5-6-12-13(7-10)22-15(18-12)19-14(21)11-8-17-20(9-11)16(2,3)4/h5-9H,1-4H3,(H,18,19,21). The van der Waals surface area contributed by atoms with Gasteiger partial charge in [0.05, 0.1) is 27.5 Å². The summed E-state index contributed by atoms with van der Waals surface area (Å²) in [5.74, 6) is -0.189. The molecule has 0 saturated carbocycles. The Kier molecular flexibility index (Phi) is 3.48. The van der Waals surface area contributed by atoms with Crippen LogP contribution in [-0.2, 0) is 5.54 Å². The number of aryl methyl sites for hydroxylation is 1. The molecule has 0 aliphatic heterocycles. The maximum Gasteiger partial charge on any atom is 0.260 e. The molecule has 0 aliphatic carbocycles. The van der Waals surface area contributed by atoms with Crippen LogP contribution >= 0.6 is 11.3 Å². The van der Waals surface area contributed by atoms with Crippen molar-refractivity contribution in [1.29, 1.82) is 0 Å². The molecule has 1 N–H and O–H groups in total. The van der Waals surface area contributed by atoms with Crippen molar-refractivity contribution in [3.05, 3.63) is 41.7 Å². The van der Waals surface area contributed by atoms with Crippen molar-refractivity contribution >= 4 is 32.6 Å². The molecule has 2 aromatic heterocycles. The maximum absolute atomic E-state index is 12.3. The Morgan fingerprint density at radius 1 is 1.32 bits per heavy atom. The molecule has 0 radical (unpaired) electrons. The van der Waals surface area contributed by atoms with Crippen LogP contribution in [0.5, 0.6) is 0 Å². The van der Waals surface area contributed by atoms with Crippen LogP contribution in [0.3, 0.4) is 0 Å². The van der Waals surface area contributed by atoms with Crippen molar-refractivity contribution in [2.75, 3.05) is 5.32 Å². The SMILES string of the molecule is Cc1ccc2nc(NC(=O)c3cnn(C(C)(C)C)c3)sc2c1. The van der Waals surface area contributed by atoms with Gasteiger partial charge < -0.3 is 0 Å². The van der Waals surface area contributed by atoms with Crippen LogP contribution in [-0.4, -0.2) is 20.7 Å². The van der Waals surface area contributed by atoms with Gasteiger partial charge in [0.15, 0.2) is 5.13 Å². The molecule has 1 amide bonds. The molecule has 114 valence electrons. The zero-order valence-electron chi connectivity index (χ0n) is 13.0. The molecule has 5 nitrogen and oxygen atoms in total. The van der Waals surface area contributed by atoms with Gasteiger partial charge in [-0.3, -0.25) is 14.8 Å². The van der Waals surface area contributed by atoms with Crippen LogP contribution < -0.4 is 5.32 Å². The predicted molar refractivity (Wildman–Crippen MR) is 89.5 cm³/mol. The van der Waals surface area contributed by atoms with Crippen molar-refractivity contribution < 1.29 is 4.79 Å². The molecular weight excluding hydrogens is 296 g/mol. The molecule has 0 unspecified atom stereocenters. The number of nitrogens with one attached hydrogen (secondary N) is 1. The van der Waals surface area contributed by atoms with Gasteiger partial charge in [-0.15, -0.1) is 0 Å². The van der Waals surface area contributed by atoms with Gasteiger partial charge in [0, 0.05) is 6.20 Å². The fourth-order valence-electron chi connectivity index (χ4n) is 2.06. The number of aromatic nitrogens is 3. The molecule has 0 aliphatic rings. The molecule has 0 atom stereocenters. The second-order valence-electron chi connectivity index (χ2n) is 6.29. The van der Waals surface area contributed by atoms with Crippen molar-refractivity contribution in [3.63, 3.8) is 0 Å². The highest BCUT2D eigenvalue weighted by atomic mass is 32.1. The fourth-order valence-corrected chi connectivity index (χ4v) is 3.02. The zero-order chi connectivity index (χ0) is 15.9. The van der Waals surface area contributed by atoms with Crippen LogP contribution in [0.1, 0.15) is 36.7 Å². The summed E-state index contributed by atoms with van der Waals surface area (Å²) in [5, 5.41) is 7.70. The van der Waals surface area contributed by atoms with Crippen LogP contribution in [0.2, 0.25) is 0 Å². The maximum atomic E-state index is 12.3. The van der Waals surface area contributed by atoms with E-state index in [1.54, 1.807) is 17.1 Å². The van der Waals surface area contributed by atoms with Gasteiger partial charge in [-0.1, -0.05) is 17.4 Å². The number of rotatable bonds is 2. The molecule has 0 spiro atoms. The monoisotopic (exact) mass is 314 g/mol. The first-order chi connectivity index (χ1) is 10.3. The van der Waals surface area contributed by atoms with Crippen molar-refractivity contribution in [1.82, 2.24) is 14.8 Å². The summed E-state index contributed by atoms with van der Waals surface area (Å²) >= 11 is 1.48. The number of hydrogen-bond acceptors (Lipinski definition) is 4. The molecule has 3 rings (SSSR count). The molecule has 1 aromatic carbocycles. The number of fused-ring (bicyclic) bond motifs is 1. The third-order valence-corrected chi connectivity index (χ3v) is 4.23. The number of anilines is 1. The van der Waals surface area contributed by atoms with E-state index in [1.807, 2.05) is 39.8 Å². The summed E-state index contributed by atoms with van der Waals surface area (Å²) in [5.41, 5.74) is 2.47. The highest BCUT2D eigenvalue weighted by molar-refractivity contribution is 7.22. The van der Waals surface area contributed by atoms with Crippen molar-refractivity contribution in [3.8, 4) is 0 Å². The topological polar surface area (TPSA) is 59.8 Å². The lowest BCUT2D eigenvalue weighted by molar-refractivity contribution is 0.102. The molecule has 22 heavy (non-hydrogen) atoms. The third kappa shape index (κ3) is 2.87. The van der Waals surface area contributed by atoms with Gasteiger partial charge in [-0.05, 0) is 45.4 Å². The first-order valence-corrected chi connectivity index (χ1v) is 7.88. The zero-order valence-corrected chi connectivity index (χ0v) is 13.9. The second-order valence-corrected chi connectivity index (χ2v) is 7.32. The Hall–Kier alpha value is -2.21. The first kappa shape index (κ1) is 14.7. The fraction of sp³-hybridized carbons (Fsp3) is 0.312. The Balaban J connectivity index is 1.82. The average Bonchev–Trinajstić information content (AvgIpc) is 3.03. The van der Waals surface area contributed by atoms with Gasteiger partial charge in [0.2, 0.25) is 0 Å². The molecule has 0 bridgehead atoms. The van der Waals surface area contributed by atoms with Crippen molar-refractivity contribution in [2.24, 2.45) is 0 Å². The van der Waals surface area contributed by atoms with Gasteiger partial charge in [-0.2, -0.15) is 5.10 Å². The summed E-state index contributed by atoms with van der Waals surface area (Å²) in [6.45, 7) is 8.16. The van der Waals surface area contributed by atoms with Crippen LogP contribution in [0.4, 0.5) is 5.13 Å². The minimum absolute atomic E-state index is 0.147. The van der Waals surface area contributed by atoms with E-state index in [1.165, 1.54) is 16.9 Å². The first-order valence-electron chi connectivity index (χ1n) is 7.06. The summed E-state index contributed by atoms with van der Waals surface area (Å²) in [6, 6.07) is 6.05. The molecule has 6 heteroatoms. The van der Waals surface area contributed by atoms with E-state index in [-0.39, 0.29) is 11.4 Å². The normalized spacial score (nSPS) is 11.8. The van der Waals surface area contributed by atoms with Gasteiger partial charge in [-0.25, -0.2) is 4.98 Å². The van der Waals surface area contributed by atoms with E-state index in [4.69, 9.17) is 0 Å². The van der Waals surface area contributed by atoms with E-state index in [9.17, 15) is 4.79 Å². The highest BCUT2D eigenvalue weighted by Gasteiger charge is 2.17. The van der Waals surface area contributed by atoms with Gasteiger partial charge in [0.25, 0.3) is 5.91 Å². The minimum Gasteiger partial charge on any atom is -0.298 e. The lowest BCUT2D eigenvalue weighted by atomic mass is 10.1. The summed E-state index contributed by atoms with van der Waals surface area (Å²) in [6.07, 6.45) is 3.34. The minimum atomic E-state index is -0.189. The van der Waals surface area contributed by atoms with Crippen LogP contribution in [0.15, 0.2) is 30.6 Å². The molecule has 3 aromatic rings. The second kappa shape index (κ2) is 5.21. The smallest absolute Gasteiger partial charge is 0.260 e. The Morgan fingerprint density at radius 3 is 2.77 bits per heavy atom. The quantitative estimate of drug-likeness (QED) is 0.782. The molecular formula is C16H18N4OS. The van der Waals surface area contributed by atoms with Gasteiger partial charge >= 0.3 is 0 Å². The highest BCUT2D eigenvalue weighted by Crippen LogP contribution is 2.27. The lowest BCUT2D eigenvalue weighted by Gasteiger charge is -2.18. The summed E-state index contributed by atoms with van der Waals surface area (Å²) in [4.78, 5) is 16.7. The lowest BCUT2D eigenvalue weighted by Crippen LogP contribution is -2.22. The van der Waals surface area contributed by atoms with E-state index >= 15 is 0 Å². The average molecular weight is 314 g/mol. The largest absolute Gasteiger partial charge is 0.298 e. The Morgan fingerprint density at radius 2 is 2.09 bits per heavy atom. The molecule has 0 saturated heterocycles.